The van der Waals surface area contributed by atoms with E-state index in [9.17, 15) is 0 Å². The number of fused-ring (bicyclic) bond motifs is 1. The third-order valence-electron chi connectivity index (χ3n) is 3.78. The Bertz CT molecular complexity index is 766. The molecule has 1 heteroatoms. The summed E-state index contributed by atoms with van der Waals surface area (Å²) >= 11 is 1.84. The van der Waals surface area contributed by atoms with Crippen LogP contribution in [-0.2, 0) is 0 Å². The molecule has 0 fully saturated rings. The summed E-state index contributed by atoms with van der Waals surface area (Å²) in [4.78, 5) is 1.28. The van der Waals surface area contributed by atoms with Gasteiger partial charge in [0.2, 0.25) is 0 Å². The molecule has 0 amide bonds. The van der Waals surface area contributed by atoms with Crippen molar-refractivity contribution in [1.82, 2.24) is 0 Å². The van der Waals surface area contributed by atoms with Crippen molar-refractivity contribution in [1.29, 1.82) is 0 Å². The molecule has 20 heavy (non-hydrogen) atoms. The largest absolute Gasteiger partial charge is 0.135 e. The first kappa shape index (κ1) is 13.1. The number of benzene rings is 1. The molecular formula is C19H18S. The van der Waals surface area contributed by atoms with Gasteiger partial charge in [-0.25, -0.2) is 0 Å². The molecule has 1 aliphatic rings. The van der Waals surface area contributed by atoms with Crippen molar-refractivity contribution >= 4 is 33.1 Å². The van der Waals surface area contributed by atoms with E-state index in [1.165, 1.54) is 37.2 Å². The van der Waals surface area contributed by atoms with Crippen LogP contribution in [0.5, 0.6) is 0 Å². The summed E-state index contributed by atoms with van der Waals surface area (Å²) in [5.74, 6) is 0. The van der Waals surface area contributed by atoms with E-state index < -0.39 is 0 Å². The van der Waals surface area contributed by atoms with E-state index in [0.717, 1.165) is 6.42 Å². The predicted molar refractivity (Wildman–Crippen MR) is 92.1 cm³/mol. The first-order valence-electron chi connectivity index (χ1n) is 6.89. The lowest BCUT2D eigenvalue weighted by atomic mass is 10.0. The van der Waals surface area contributed by atoms with Crippen LogP contribution in [0.15, 0.2) is 54.7 Å². The summed E-state index contributed by atoms with van der Waals surface area (Å²) in [7, 11) is 0. The minimum absolute atomic E-state index is 1.04. The van der Waals surface area contributed by atoms with Crippen LogP contribution in [0.2, 0.25) is 0 Å². The molecule has 0 aliphatic heterocycles. The van der Waals surface area contributed by atoms with Gasteiger partial charge in [-0.2, -0.15) is 0 Å². The van der Waals surface area contributed by atoms with Gasteiger partial charge in [0.25, 0.3) is 0 Å². The molecule has 1 aliphatic carbocycles. The molecule has 1 heterocycles. The van der Waals surface area contributed by atoms with Crippen molar-refractivity contribution in [2.45, 2.75) is 20.3 Å². The first-order valence-corrected chi connectivity index (χ1v) is 7.71. The lowest BCUT2D eigenvalue weighted by Crippen LogP contribution is -1.81. The standard InChI is InChI=1S/C19H18S/c1-4-18-14(3)16-9-6-10-17(19(16)20-18)15-8-5-7-13(2)11-12-15/h4-6,8-12H,1,7H2,2-3H3. The van der Waals surface area contributed by atoms with Crippen LogP contribution in [0.3, 0.4) is 0 Å². The Morgan fingerprint density at radius 1 is 1.20 bits per heavy atom. The fourth-order valence-electron chi connectivity index (χ4n) is 2.59. The zero-order valence-electron chi connectivity index (χ0n) is 11.9. The molecule has 0 bridgehead atoms. The van der Waals surface area contributed by atoms with E-state index in [-0.39, 0.29) is 0 Å². The molecule has 0 radical (unpaired) electrons. The molecule has 1 aromatic heterocycles. The van der Waals surface area contributed by atoms with Crippen LogP contribution in [0.25, 0.3) is 21.7 Å². The Hall–Kier alpha value is -1.86. The Balaban J connectivity index is 2.24. The van der Waals surface area contributed by atoms with Gasteiger partial charge in [-0.15, -0.1) is 11.3 Å². The lowest BCUT2D eigenvalue weighted by Gasteiger charge is -2.03. The summed E-state index contributed by atoms with van der Waals surface area (Å²) in [6, 6.07) is 6.58. The summed E-state index contributed by atoms with van der Waals surface area (Å²) in [5, 5.41) is 1.35. The molecule has 0 spiro atoms. The van der Waals surface area contributed by atoms with Gasteiger partial charge in [0.1, 0.15) is 0 Å². The number of rotatable bonds is 2. The maximum atomic E-state index is 3.93. The van der Waals surface area contributed by atoms with Gasteiger partial charge in [0.05, 0.1) is 0 Å². The van der Waals surface area contributed by atoms with Crippen molar-refractivity contribution < 1.29 is 0 Å². The highest BCUT2D eigenvalue weighted by atomic mass is 32.1. The summed E-state index contributed by atoms with van der Waals surface area (Å²) in [5.41, 5.74) is 5.36. The SMILES string of the molecule is C=Cc1sc2c(C3=CC=C(C)CC=C3)cccc2c1C. The van der Waals surface area contributed by atoms with Gasteiger partial charge in [-0.1, -0.05) is 60.7 Å². The van der Waals surface area contributed by atoms with Gasteiger partial charge in [0.15, 0.2) is 0 Å². The molecule has 0 saturated carbocycles. The zero-order chi connectivity index (χ0) is 14.1. The summed E-state index contributed by atoms with van der Waals surface area (Å²) < 4.78 is 1.36. The number of hydrogen-bond acceptors (Lipinski definition) is 1. The van der Waals surface area contributed by atoms with Gasteiger partial charge in [-0.3, -0.25) is 0 Å². The first-order chi connectivity index (χ1) is 9.70. The van der Waals surface area contributed by atoms with Crippen molar-refractivity contribution in [3.63, 3.8) is 0 Å². The van der Waals surface area contributed by atoms with E-state index in [2.05, 4.69) is 62.9 Å². The fourth-order valence-corrected chi connectivity index (χ4v) is 3.78. The number of allylic oxidation sites excluding steroid dienone is 6. The van der Waals surface area contributed by atoms with Gasteiger partial charge in [-0.05, 0) is 42.4 Å². The van der Waals surface area contributed by atoms with Gasteiger partial charge < -0.3 is 0 Å². The highest BCUT2D eigenvalue weighted by Crippen LogP contribution is 2.37. The number of aryl methyl sites for hydroxylation is 1. The van der Waals surface area contributed by atoms with Crippen molar-refractivity contribution in [2.75, 3.05) is 0 Å². The second-order valence-corrected chi connectivity index (χ2v) is 6.27. The van der Waals surface area contributed by atoms with Crippen molar-refractivity contribution in [3.8, 4) is 0 Å². The monoisotopic (exact) mass is 278 g/mol. The molecule has 100 valence electrons. The molecule has 0 nitrogen and oxygen atoms in total. The quantitative estimate of drug-likeness (QED) is 0.618. The van der Waals surface area contributed by atoms with Crippen LogP contribution in [-0.4, -0.2) is 0 Å². The number of thiophene rings is 1. The lowest BCUT2D eigenvalue weighted by molar-refractivity contribution is 1.22. The van der Waals surface area contributed by atoms with E-state index in [1.807, 2.05) is 17.4 Å². The van der Waals surface area contributed by atoms with Crippen LogP contribution in [0.1, 0.15) is 29.3 Å². The third-order valence-corrected chi connectivity index (χ3v) is 5.12. The van der Waals surface area contributed by atoms with Crippen molar-refractivity contribution in [2.24, 2.45) is 0 Å². The Labute approximate surface area is 124 Å². The van der Waals surface area contributed by atoms with Crippen LogP contribution < -0.4 is 0 Å². The molecule has 0 N–H and O–H groups in total. The Morgan fingerprint density at radius 3 is 2.85 bits per heavy atom. The van der Waals surface area contributed by atoms with Crippen molar-refractivity contribution in [3.05, 3.63) is 70.7 Å². The predicted octanol–water partition coefficient (Wildman–Crippen LogP) is 6.14. The molecular weight excluding hydrogens is 260 g/mol. The van der Waals surface area contributed by atoms with Gasteiger partial charge in [0, 0.05) is 9.58 Å². The fraction of sp³-hybridized carbons (Fsp3) is 0.158. The Kier molecular flexibility index (Phi) is 3.45. The zero-order valence-corrected chi connectivity index (χ0v) is 12.8. The molecule has 1 aromatic carbocycles. The topological polar surface area (TPSA) is 0 Å². The second kappa shape index (κ2) is 5.26. The average molecular weight is 278 g/mol. The highest BCUT2D eigenvalue weighted by molar-refractivity contribution is 7.20. The molecule has 0 unspecified atom stereocenters. The summed E-state index contributed by atoms with van der Waals surface area (Å²) in [6.45, 7) is 8.28. The molecule has 2 aromatic rings. The van der Waals surface area contributed by atoms with E-state index >= 15 is 0 Å². The van der Waals surface area contributed by atoms with E-state index in [0.29, 0.717) is 0 Å². The molecule has 0 saturated heterocycles. The second-order valence-electron chi connectivity index (χ2n) is 5.22. The minimum atomic E-state index is 1.04. The van der Waals surface area contributed by atoms with E-state index in [4.69, 9.17) is 0 Å². The number of hydrogen-bond donors (Lipinski definition) is 0. The van der Waals surface area contributed by atoms with Crippen LogP contribution >= 0.6 is 11.3 Å². The van der Waals surface area contributed by atoms with Crippen LogP contribution in [0, 0.1) is 6.92 Å². The molecule has 0 atom stereocenters. The van der Waals surface area contributed by atoms with Crippen LogP contribution in [0.4, 0.5) is 0 Å². The van der Waals surface area contributed by atoms with E-state index in [1.54, 1.807) is 0 Å². The Morgan fingerprint density at radius 2 is 2.05 bits per heavy atom. The normalized spacial score (nSPS) is 14.9. The average Bonchev–Trinajstić information content (AvgIpc) is 2.64. The summed E-state index contributed by atoms with van der Waals surface area (Å²) in [6.07, 6.45) is 11.9. The highest BCUT2D eigenvalue weighted by Gasteiger charge is 2.11. The minimum Gasteiger partial charge on any atom is -0.135 e. The maximum absolute atomic E-state index is 3.93. The maximum Gasteiger partial charge on any atom is 0.0430 e. The smallest absolute Gasteiger partial charge is 0.0430 e. The third kappa shape index (κ3) is 2.19. The molecule has 3 rings (SSSR count). The van der Waals surface area contributed by atoms with Gasteiger partial charge >= 0.3 is 0 Å².